The zero-order valence-corrected chi connectivity index (χ0v) is 14.3. The van der Waals surface area contributed by atoms with Crippen molar-refractivity contribution in [3.05, 3.63) is 36.0 Å². The highest BCUT2D eigenvalue weighted by atomic mass is 32.2. The summed E-state index contributed by atoms with van der Waals surface area (Å²) in [5, 5.41) is 8.00. The van der Waals surface area contributed by atoms with Gasteiger partial charge in [0.2, 0.25) is 15.9 Å². The van der Waals surface area contributed by atoms with E-state index in [1.807, 2.05) is 18.7 Å². The SMILES string of the molecule is CC(C)c1nnc(N2CCN(S(=O)(=O)c3ccc(F)cc3)CC2)o1. The van der Waals surface area contributed by atoms with Crippen LogP contribution in [0.2, 0.25) is 0 Å². The largest absolute Gasteiger partial charge is 0.408 e. The molecule has 1 aromatic heterocycles. The van der Waals surface area contributed by atoms with E-state index in [0.717, 1.165) is 12.1 Å². The molecule has 130 valence electrons. The number of piperazine rings is 1. The molecule has 3 rings (SSSR count). The Bertz CT molecular complexity index is 796. The van der Waals surface area contributed by atoms with Gasteiger partial charge in [-0.25, -0.2) is 12.8 Å². The van der Waals surface area contributed by atoms with E-state index in [4.69, 9.17) is 4.42 Å². The third kappa shape index (κ3) is 3.27. The van der Waals surface area contributed by atoms with Crippen molar-refractivity contribution in [1.82, 2.24) is 14.5 Å². The molecule has 1 fully saturated rings. The minimum Gasteiger partial charge on any atom is -0.408 e. The van der Waals surface area contributed by atoms with Crippen molar-refractivity contribution in [3.8, 4) is 0 Å². The lowest BCUT2D eigenvalue weighted by Gasteiger charge is -2.32. The summed E-state index contributed by atoms with van der Waals surface area (Å²) in [6.07, 6.45) is 0. The summed E-state index contributed by atoms with van der Waals surface area (Å²) in [5.41, 5.74) is 0. The van der Waals surface area contributed by atoms with Gasteiger partial charge in [0, 0.05) is 32.1 Å². The highest BCUT2D eigenvalue weighted by Gasteiger charge is 2.30. The topological polar surface area (TPSA) is 79.5 Å². The average molecular weight is 354 g/mol. The van der Waals surface area contributed by atoms with Gasteiger partial charge in [0.25, 0.3) is 0 Å². The van der Waals surface area contributed by atoms with Crippen LogP contribution in [0.3, 0.4) is 0 Å². The fraction of sp³-hybridized carbons (Fsp3) is 0.467. The van der Waals surface area contributed by atoms with Crippen LogP contribution in [0.25, 0.3) is 0 Å². The Labute approximate surface area is 140 Å². The van der Waals surface area contributed by atoms with Crippen LogP contribution in [-0.2, 0) is 10.0 Å². The first-order valence-corrected chi connectivity index (χ1v) is 9.16. The number of nitrogens with zero attached hydrogens (tertiary/aromatic N) is 4. The summed E-state index contributed by atoms with van der Waals surface area (Å²) in [6, 6.07) is 5.27. The van der Waals surface area contributed by atoms with Gasteiger partial charge < -0.3 is 9.32 Å². The van der Waals surface area contributed by atoms with Gasteiger partial charge in [0.05, 0.1) is 4.90 Å². The quantitative estimate of drug-likeness (QED) is 0.834. The molecule has 0 amide bonds. The fourth-order valence-electron chi connectivity index (χ4n) is 2.46. The third-order valence-electron chi connectivity index (χ3n) is 3.88. The number of anilines is 1. The van der Waals surface area contributed by atoms with Crippen LogP contribution < -0.4 is 4.90 Å². The van der Waals surface area contributed by atoms with Crippen molar-refractivity contribution in [2.45, 2.75) is 24.7 Å². The smallest absolute Gasteiger partial charge is 0.318 e. The van der Waals surface area contributed by atoms with E-state index in [-0.39, 0.29) is 10.8 Å². The molecule has 7 nitrogen and oxygen atoms in total. The third-order valence-corrected chi connectivity index (χ3v) is 5.80. The van der Waals surface area contributed by atoms with Crippen molar-refractivity contribution in [2.75, 3.05) is 31.1 Å². The number of hydrogen-bond donors (Lipinski definition) is 0. The molecule has 24 heavy (non-hydrogen) atoms. The summed E-state index contributed by atoms with van der Waals surface area (Å²) in [7, 11) is -3.62. The molecule has 0 unspecified atom stereocenters. The van der Waals surface area contributed by atoms with Crippen LogP contribution in [0.15, 0.2) is 33.6 Å². The van der Waals surface area contributed by atoms with Gasteiger partial charge in [-0.15, -0.1) is 5.10 Å². The van der Waals surface area contributed by atoms with Crippen LogP contribution >= 0.6 is 0 Å². The summed E-state index contributed by atoms with van der Waals surface area (Å²) in [5.74, 6) is 0.244. The Morgan fingerprint density at radius 2 is 1.71 bits per heavy atom. The molecule has 0 bridgehead atoms. The number of hydrogen-bond acceptors (Lipinski definition) is 6. The molecule has 0 atom stereocenters. The van der Waals surface area contributed by atoms with Crippen LogP contribution in [0.5, 0.6) is 0 Å². The number of benzene rings is 1. The lowest BCUT2D eigenvalue weighted by atomic mass is 10.2. The molecule has 1 aliphatic heterocycles. The maximum absolute atomic E-state index is 13.0. The van der Waals surface area contributed by atoms with E-state index in [1.165, 1.54) is 16.4 Å². The van der Waals surface area contributed by atoms with Crippen molar-refractivity contribution in [2.24, 2.45) is 0 Å². The summed E-state index contributed by atoms with van der Waals surface area (Å²) in [6.45, 7) is 5.45. The maximum Gasteiger partial charge on any atom is 0.318 e. The van der Waals surface area contributed by atoms with Gasteiger partial charge in [-0.2, -0.15) is 4.31 Å². The molecule has 0 N–H and O–H groups in total. The van der Waals surface area contributed by atoms with Gasteiger partial charge in [0.1, 0.15) is 5.82 Å². The first-order chi connectivity index (χ1) is 11.4. The van der Waals surface area contributed by atoms with Crippen LogP contribution in [-0.4, -0.2) is 49.1 Å². The summed E-state index contributed by atoms with van der Waals surface area (Å²) >= 11 is 0. The number of sulfonamides is 1. The zero-order valence-electron chi connectivity index (χ0n) is 13.5. The van der Waals surface area contributed by atoms with Crippen LogP contribution in [0.1, 0.15) is 25.7 Å². The van der Waals surface area contributed by atoms with Crippen molar-refractivity contribution < 1.29 is 17.2 Å². The molecule has 1 saturated heterocycles. The molecule has 2 heterocycles. The molecular weight excluding hydrogens is 335 g/mol. The molecule has 1 aromatic carbocycles. The van der Waals surface area contributed by atoms with Crippen molar-refractivity contribution in [3.63, 3.8) is 0 Å². The van der Waals surface area contributed by atoms with Gasteiger partial charge in [-0.1, -0.05) is 18.9 Å². The van der Waals surface area contributed by atoms with E-state index in [9.17, 15) is 12.8 Å². The van der Waals surface area contributed by atoms with E-state index < -0.39 is 15.8 Å². The Morgan fingerprint density at radius 1 is 1.08 bits per heavy atom. The van der Waals surface area contributed by atoms with Gasteiger partial charge >= 0.3 is 6.01 Å². The Hall–Kier alpha value is -2.00. The minimum absolute atomic E-state index is 0.0947. The first-order valence-electron chi connectivity index (χ1n) is 7.72. The number of halogens is 1. The predicted octanol–water partition coefficient (Wildman–Crippen LogP) is 1.84. The highest BCUT2D eigenvalue weighted by molar-refractivity contribution is 7.89. The first kappa shape index (κ1) is 16.8. The normalized spacial score (nSPS) is 16.8. The maximum atomic E-state index is 13.0. The standard InChI is InChI=1S/C15H19FN4O3S/c1-11(2)14-17-18-15(23-14)19-7-9-20(10-8-19)24(21,22)13-5-3-12(16)4-6-13/h3-6,11H,7-10H2,1-2H3. The number of rotatable bonds is 4. The van der Waals surface area contributed by atoms with Crippen molar-refractivity contribution >= 4 is 16.0 Å². The Kier molecular flexibility index (Phi) is 4.55. The second-order valence-corrected chi connectivity index (χ2v) is 7.86. The second-order valence-electron chi connectivity index (χ2n) is 5.92. The van der Waals surface area contributed by atoms with Gasteiger partial charge in [0.15, 0.2) is 0 Å². The molecule has 0 saturated carbocycles. The molecule has 0 radical (unpaired) electrons. The molecule has 2 aromatic rings. The van der Waals surface area contributed by atoms with E-state index in [2.05, 4.69) is 10.2 Å². The molecule has 0 aliphatic carbocycles. The molecule has 9 heteroatoms. The Balaban J connectivity index is 1.68. The second kappa shape index (κ2) is 6.48. The lowest BCUT2D eigenvalue weighted by Crippen LogP contribution is -2.48. The average Bonchev–Trinajstić information content (AvgIpc) is 3.06. The Morgan fingerprint density at radius 3 is 2.25 bits per heavy atom. The van der Waals surface area contributed by atoms with Crippen molar-refractivity contribution in [1.29, 1.82) is 0 Å². The molecule has 1 aliphatic rings. The highest BCUT2D eigenvalue weighted by Crippen LogP contribution is 2.22. The monoisotopic (exact) mass is 354 g/mol. The van der Waals surface area contributed by atoms with Gasteiger partial charge in [-0.05, 0) is 24.3 Å². The van der Waals surface area contributed by atoms with Gasteiger partial charge in [-0.3, -0.25) is 0 Å². The molecular formula is C15H19FN4O3S. The van der Waals surface area contributed by atoms with E-state index >= 15 is 0 Å². The molecule has 0 spiro atoms. The van der Waals surface area contributed by atoms with Crippen LogP contribution in [0, 0.1) is 5.82 Å². The fourth-order valence-corrected chi connectivity index (χ4v) is 3.89. The summed E-state index contributed by atoms with van der Waals surface area (Å²) in [4.78, 5) is 1.97. The van der Waals surface area contributed by atoms with E-state index in [1.54, 1.807) is 0 Å². The minimum atomic E-state index is -3.62. The van der Waals surface area contributed by atoms with E-state index in [0.29, 0.717) is 38.1 Å². The lowest BCUT2D eigenvalue weighted by molar-refractivity contribution is 0.367. The predicted molar refractivity (Wildman–Crippen MR) is 85.8 cm³/mol. The number of aromatic nitrogens is 2. The van der Waals surface area contributed by atoms with Crippen LogP contribution in [0.4, 0.5) is 10.4 Å². The summed E-state index contributed by atoms with van der Waals surface area (Å²) < 4.78 is 45.1. The zero-order chi connectivity index (χ0) is 17.3.